The normalized spacial score (nSPS) is 20.1. The van der Waals surface area contributed by atoms with Gasteiger partial charge in [-0.05, 0) is 25.3 Å². The number of nitrogens with two attached hydrogens (primary N) is 1. The topological polar surface area (TPSA) is 163 Å². The lowest BCUT2D eigenvalue weighted by molar-refractivity contribution is -0.244. The molecule has 11 nitrogen and oxygen atoms in total. The Bertz CT molecular complexity index is 1170. The number of rotatable bonds is 31. The van der Waals surface area contributed by atoms with Crippen molar-refractivity contribution in [3.63, 3.8) is 0 Å². The van der Waals surface area contributed by atoms with Crippen molar-refractivity contribution in [2.24, 2.45) is 5.73 Å². The molecule has 1 fully saturated rings. The third-order valence-electron chi connectivity index (χ3n) is 11.1. The van der Waals surface area contributed by atoms with Crippen LogP contribution in [0.15, 0.2) is 30.3 Å². The molecule has 1 aliphatic heterocycles. The summed E-state index contributed by atoms with van der Waals surface area (Å²) in [5, 5.41) is 32.8. The quantitative estimate of drug-likeness (QED) is 0.0540. The Labute approximate surface area is 339 Å². The van der Waals surface area contributed by atoms with E-state index in [1.807, 2.05) is 6.07 Å². The Morgan fingerprint density at radius 3 is 1.64 bits per heavy atom. The highest BCUT2D eigenvalue weighted by atomic mass is 16.6. The number of imide groups is 1. The summed E-state index contributed by atoms with van der Waals surface area (Å²) in [6, 6.07) is 6.25. The van der Waals surface area contributed by atoms with E-state index in [0.29, 0.717) is 23.3 Å². The van der Waals surface area contributed by atoms with Gasteiger partial charge in [0.15, 0.2) is 6.23 Å². The van der Waals surface area contributed by atoms with Crippen LogP contribution in [0.25, 0.3) is 0 Å². The van der Waals surface area contributed by atoms with Gasteiger partial charge in [0.2, 0.25) is 11.8 Å². The zero-order valence-corrected chi connectivity index (χ0v) is 35.3. The van der Waals surface area contributed by atoms with E-state index >= 15 is 0 Å². The molecule has 11 heteroatoms. The highest BCUT2D eigenvalue weighted by Gasteiger charge is 2.53. The number of aliphatic hydroxyl groups is 3. The van der Waals surface area contributed by atoms with Gasteiger partial charge in [-0.1, -0.05) is 179 Å². The maximum Gasteiger partial charge on any atom is 0.417 e. The molecule has 5 N–H and O–H groups in total. The van der Waals surface area contributed by atoms with Crippen molar-refractivity contribution in [3.8, 4) is 0 Å². The molecule has 56 heavy (non-hydrogen) atoms. The summed E-state index contributed by atoms with van der Waals surface area (Å²) in [5.41, 5.74) is 6.72. The summed E-state index contributed by atoms with van der Waals surface area (Å²) in [6.45, 7) is 5.34. The molecule has 2 rings (SSSR count). The largest absolute Gasteiger partial charge is 0.444 e. The SMILES string of the molecule is CCCCCCCCCCCCCCN(C(=O)CCCCCCCCCCCCC)[C@@H]1O[C@H](CO)[C@@H](O)[C@H](O)[C@H]1N(C(=O)OCc1ccccc1)C(=O)[C@H](C)N. The average molecular weight is 790 g/mol. The molecule has 0 aromatic heterocycles. The first-order valence-corrected chi connectivity index (χ1v) is 22.4. The Balaban J connectivity index is 2.19. The van der Waals surface area contributed by atoms with Crippen LogP contribution in [0.4, 0.5) is 4.79 Å². The summed E-state index contributed by atoms with van der Waals surface area (Å²) < 4.78 is 11.8. The van der Waals surface area contributed by atoms with Crippen LogP contribution in [-0.4, -0.2) is 92.8 Å². The molecule has 322 valence electrons. The molecule has 0 radical (unpaired) electrons. The lowest BCUT2D eigenvalue weighted by atomic mass is 9.93. The summed E-state index contributed by atoms with van der Waals surface area (Å²) in [6.07, 6.45) is 19.5. The van der Waals surface area contributed by atoms with Gasteiger partial charge < -0.3 is 35.4 Å². The maximum absolute atomic E-state index is 14.2. The number of amides is 3. The van der Waals surface area contributed by atoms with Crippen molar-refractivity contribution in [2.75, 3.05) is 13.2 Å². The lowest BCUT2D eigenvalue weighted by Crippen LogP contribution is -2.71. The Morgan fingerprint density at radius 1 is 0.714 bits per heavy atom. The fourth-order valence-corrected chi connectivity index (χ4v) is 7.59. The number of carbonyl (C=O) groups excluding carboxylic acids is 3. The van der Waals surface area contributed by atoms with Gasteiger partial charge in [0.25, 0.3) is 0 Å². The molecule has 3 amide bonds. The first kappa shape index (κ1) is 49.6. The van der Waals surface area contributed by atoms with E-state index in [1.165, 1.54) is 108 Å². The van der Waals surface area contributed by atoms with Crippen LogP contribution in [0.5, 0.6) is 0 Å². The second kappa shape index (κ2) is 30.5. The molecule has 1 saturated heterocycles. The molecule has 1 aromatic rings. The number of ether oxygens (including phenoxy) is 2. The van der Waals surface area contributed by atoms with Gasteiger partial charge in [0, 0.05) is 13.0 Å². The highest BCUT2D eigenvalue weighted by molar-refractivity contribution is 5.95. The van der Waals surface area contributed by atoms with E-state index in [0.717, 1.165) is 38.5 Å². The van der Waals surface area contributed by atoms with Gasteiger partial charge in [-0.3, -0.25) is 9.59 Å². The molecule has 1 aliphatic rings. The molecular formula is C45H79N3O8. The van der Waals surface area contributed by atoms with Crippen LogP contribution in [-0.2, 0) is 25.7 Å². The molecule has 0 aliphatic carbocycles. The molecule has 0 spiro atoms. The monoisotopic (exact) mass is 790 g/mol. The van der Waals surface area contributed by atoms with Gasteiger partial charge >= 0.3 is 6.09 Å². The number of carbonyl (C=O) groups is 3. The Morgan fingerprint density at radius 2 is 1.18 bits per heavy atom. The van der Waals surface area contributed by atoms with Crippen LogP contribution in [0, 0.1) is 0 Å². The van der Waals surface area contributed by atoms with Crippen LogP contribution < -0.4 is 5.73 Å². The fourth-order valence-electron chi connectivity index (χ4n) is 7.59. The Kier molecular flexibility index (Phi) is 27.0. The van der Waals surface area contributed by atoms with Crippen LogP contribution in [0.3, 0.4) is 0 Å². The van der Waals surface area contributed by atoms with Crippen LogP contribution >= 0.6 is 0 Å². The zero-order valence-electron chi connectivity index (χ0n) is 35.3. The van der Waals surface area contributed by atoms with E-state index in [4.69, 9.17) is 15.2 Å². The molecule has 0 unspecified atom stereocenters. The van der Waals surface area contributed by atoms with Crippen LogP contribution in [0.2, 0.25) is 0 Å². The number of unbranched alkanes of at least 4 members (excludes halogenated alkanes) is 21. The highest BCUT2D eigenvalue weighted by Crippen LogP contribution is 2.30. The fraction of sp³-hybridized carbons (Fsp3) is 0.800. The van der Waals surface area contributed by atoms with Crippen molar-refractivity contribution in [1.82, 2.24) is 9.80 Å². The predicted octanol–water partition coefficient (Wildman–Crippen LogP) is 8.54. The van der Waals surface area contributed by atoms with E-state index < -0.39 is 55.2 Å². The van der Waals surface area contributed by atoms with Crippen molar-refractivity contribution in [1.29, 1.82) is 0 Å². The smallest absolute Gasteiger partial charge is 0.417 e. The third-order valence-corrected chi connectivity index (χ3v) is 11.1. The molecule has 1 aromatic carbocycles. The van der Waals surface area contributed by atoms with Gasteiger partial charge in [-0.15, -0.1) is 0 Å². The second-order valence-corrected chi connectivity index (χ2v) is 16.0. The first-order chi connectivity index (χ1) is 27.2. The standard InChI is InChI=1S/C45H79N3O8/c1-4-6-8-10-12-14-16-18-20-22-24-29-33-47(39(50)32-28-23-21-19-17-15-13-11-9-7-5-2)44-40(42(52)41(51)38(34-49)56-44)48(43(53)36(3)46)45(54)55-35-37-30-26-25-27-31-37/h25-27,30-31,36,38,40-42,44,49,51-52H,4-24,28-29,32-35,46H2,1-3H3/t36-,38+,40+,41+,42+,44+/m0/s1. The number of nitrogens with zero attached hydrogens (tertiary/aromatic N) is 2. The average Bonchev–Trinajstić information content (AvgIpc) is 3.20. The summed E-state index contributed by atoms with van der Waals surface area (Å²) in [4.78, 5) is 43.9. The van der Waals surface area contributed by atoms with Gasteiger partial charge in [0.1, 0.15) is 31.0 Å². The number of hydrogen-bond acceptors (Lipinski definition) is 9. The molecule has 1 heterocycles. The van der Waals surface area contributed by atoms with Gasteiger partial charge in [-0.25, -0.2) is 9.69 Å². The molecule has 0 bridgehead atoms. The minimum absolute atomic E-state index is 0.154. The summed E-state index contributed by atoms with van der Waals surface area (Å²) >= 11 is 0. The van der Waals surface area contributed by atoms with Gasteiger partial charge in [0.05, 0.1) is 12.6 Å². The van der Waals surface area contributed by atoms with Crippen LogP contribution in [0.1, 0.15) is 180 Å². The molecular weight excluding hydrogens is 711 g/mol. The number of aliphatic hydroxyl groups excluding tert-OH is 3. The minimum atomic E-state index is -1.75. The number of hydrogen-bond donors (Lipinski definition) is 4. The predicted molar refractivity (Wildman–Crippen MR) is 223 cm³/mol. The van der Waals surface area contributed by atoms with Crippen molar-refractivity contribution < 1.29 is 39.2 Å². The Hall–Kier alpha value is -2.57. The minimum Gasteiger partial charge on any atom is -0.444 e. The van der Waals surface area contributed by atoms with Gasteiger partial charge in [-0.2, -0.15) is 0 Å². The molecule has 6 atom stereocenters. The van der Waals surface area contributed by atoms with E-state index in [-0.39, 0.29) is 25.5 Å². The van der Waals surface area contributed by atoms with Crippen molar-refractivity contribution in [2.45, 2.75) is 218 Å². The zero-order chi connectivity index (χ0) is 41.0. The number of benzene rings is 1. The third kappa shape index (κ3) is 18.8. The van der Waals surface area contributed by atoms with Crippen molar-refractivity contribution >= 4 is 17.9 Å². The van der Waals surface area contributed by atoms with Crippen molar-refractivity contribution in [3.05, 3.63) is 35.9 Å². The maximum atomic E-state index is 14.2. The summed E-state index contributed by atoms with van der Waals surface area (Å²) in [5.74, 6) is -1.08. The first-order valence-electron chi connectivity index (χ1n) is 22.4. The lowest BCUT2D eigenvalue weighted by Gasteiger charge is -2.49. The van der Waals surface area contributed by atoms with E-state index in [1.54, 1.807) is 24.3 Å². The van der Waals surface area contributed by atoms with E-state index in [9.17, 15) is 29.7 Å². The second-order valence-electron chi connectivity index (χ2n) is 16.0. The summed E-state index contributed by atoms with van der Waals surface area (Å²) in [7, 11) is 0. The van der Waals surface area contributed by atoms with E-state index in [2.05, 4.69) is 13.8 Å². The molecule has 0 saturated carbocycles.